The molecule has 0 fully saturated rings. The molecule has 2 N–H and O–H groups in total. The second-order valence-corrected chi connectivity index (χ2v) is 3.25. The molecule has 0 bridgehead atoms. The Morgan fingerprint density at radius 3 is 2.42 bits per heavy atom. The van der Waals surface area contributed by atoms with Gasteiger partial charge in [-0.05, 0) is 12.3 Å². The molecule has 72 valence electrons. The maximum Gasteiger partial charge on any atom is 0.310 e. The van der Waals surface area contributed by atoms with Gasteiger partial charge >= 0.3 is 5.97 Å². The minimum absolute atomic E-state index is 0.142. The van der Waals surface area contributed by atoms with E-state index in [2.05, 4.69) is 0 Å². The van der Waals surface area contributed by atoms with Crippen LogP contribution in [0.1, 0.15) is 27.2 Å². The first-order valence-corrected chi connectivity index (χ1v) is 4.50. The van der Waals surface area contributed by atoms with Gasteiger partial charge in [0.15, 0.2) is 0 Å². The Kier molecular flexibility index (Phi) is 5.72. The molecule has 0 radical (unpaired) electrons. The van der Waals surface area contributed by atoms with Crippen molar-refractivity contribution in [1.82, 2.24) is 0 Å². The van der Waals surface area contributed by atoms with Gasteiger partial charge in [-0.25, -0.2) is 0 Å². The summed E-state index contributed by atoms with van der Waals surface area (Å²) in [6.45, 7) is 6.80. The number of rotatable bonds is 5. The van der Waals surface area contributed by atoms with E-state index in [1.54, 1.807) is 0 Å². The zero-order valence-corrected chi connectivity index (χ0v) is 8.17. The van der Waals surface area contributed by atoms with Gasteiger partial charge in [0.05, 0.1) is 12.5 Å². The molecule has 0 aromatic heterocycles. The van der Waals surface area contributed by atoms with Crippen LogP contribution < -0.4 is 5.73 Å². The Morgan fingerprint density at radius 1 is 1.50 bits per heavy atom. The van der Waals surface area contributed by atoms with Crippen LogP contribution in [-0.2, 0) is 9.53 Å². The Morgan fingerprint density at radius 2 is 2.08 bits per heavy atom. The van der Waals surface area contributed by atoms with E-state index in [9.17, 15) is 4.79 Å². The molecule has 0 saturated carbocycles. The Hall–Kier alpha value is -0.570. The molecule has 1 atom stereocenters. The van der Waals surface area contributed by atoms with Crippen molar-refractivity contribution in [2.24, 2.45) is 17.6 Å². The third-order valence-corrected chi connectivity index (χ3v) is 1.81. The predicted octanol–water partition coefficient (Wildman–Crippen LogP) is 1.17. The summed E-state index contributed by atoms with van der Waals surface area (Å²) in [6.07, 6.45) is 0.862. The van der Waals surface area contributed by atoms with Crippen LogP contribution in [0.4, 0.5) is 0 Å². The highest BCUT2D eigenvalue weighted by Gasteiger charge is 2.21. The van der Waals surface area contributed by atoms with E-state index in [4.69, 9.17) is 10.5 Å². The average Bonchev–Trinajstić information content (AvgIpc) is 2.01. The van der Waals surface area contributed by atoms with Gasteiger partial charge in [-0.15, -0.1) is 0 Å². The predicted molar refractivity (Wildman–Crippen MR) is 48.6 cm³/mol. The fourth-order valence-electron chi connectivity index (χ4n) is 0.950. The van der Waals surface area contributed by atoms with E-state index in [1.807, 2.05) is 20.8 Å². The van der Waals surface area contributed by atoms with Crippen LogP contribution in [-0.4, -0.2) is 19.1 Å². The van der Waals surface area contributed by atoms with Crippen molar-refractivity contribution in [3.8, 4) is 0 Å². The van der Waals surface area contributed by atoms with Gasteiger partial charge < -0.3 is 10.5 Å². The smallest absolute Gasteiger partial charge is 0.310 e. The molecule has 0 spiro atoms. The molecule has 0 rings (SSSR count). The highest BCUT2D eigenvalue weighted by molar-refractivity contribution is 5.72. The van der Waals surface area contributed by atoms with Gasteiger partial charge in [-0.2, -0.15) is 0 Å². The Bertz CT molecular complexity index is 134. The highest BCUT2D eigenvalue weighted by atomic mass is 16.5. The maximum absolute atomic E-state index is 11.3. The van der Waals surface area contributed by atoms with Crippen molar-refractivity contribution in [3.63, 3.8) is 0 Å². The third-order valence-electron chi connectivity index (χ3n) is 1.81. The molecular formula is C9H19NO2. The molecule has 3 nitrogen and oxygen atoms in total. The molecular weight excluding hydrogens is 154 g/mol. The molecule has 0 aliphatic heterocycles. The topological polar surface area (TPSA) is 52.3 Å². The average molecular weight is 173 g/mol. The fourth-order valence-corrected chi connectivity index (χ4v) is 0.950. The number of carbonyl (C=O) groups excluding carboxylic acids is 1. The molecule has 12 heavy (non-hydrogen) atoms. The van der Waals surface area contributed by atoms with Gasteiger partial charge in [-0.3, -0.25) is 4.79 Å². The molecule has 0 aliphatic carbocycles. The summed E-state index contributed by atoms with van der Waals surface area (Å²) in [5.74, 6) is -0.0368. The number of hydrogen-bond acceptors (Lipinski definition) is 3. The van der Waals surface area contributed by atoms with Crippen LogP contribution in [0.15, 0.2) is 0 Å². The standard InChI is InChI=1S/C9H19NO2/c1-4-5-12-9(11)8(6-10)7(2)3/h7-8H,4-6,10H2,1-3H3. The van der Waals surface area contributed by atoms with Crippen LogP contribution in [0.3, 0.4) is 0 Å². The van der Waals surface area contributed by atoms with Crippen LogP contribution in [0.25, 0.3) is 0 Å². The van der Waals surface area contributed by atoms with E-state index in [0.29, 0.717) is 13.2 Å². The largest absolute Gasteiger partial charge is 0.465 e. The van der Waals surface area contributed by atoms with Crippen molar-refractivity contribution >= 4 is 5.97 Å². The number of hydrogen-bond donors (Lipinski definition) is 1. The van der Waals surface area contributed by atoms with E-state index in [-0.39, 0.29) is 17.8 Å². The minimum atomic E-state index is -0.158. The number of carbonyl (C=O) groups is 1. The number of ether oxygens (including phenoxy) is 1. The quantitative estimate of drug-likeness (QED) is 0.635. The molecule has 1 unspecified atom stereocenters. The van der Waals surface area contributed by atoms with Crippen LogP contribution in [0.2, 0.25) is 0 Å². The lowest BCUT2D eigenvalue weighted by molar-refractivity contribution is -0.149. The molecule has 0 amide bonds. The highest BCUT2D eigenvalue weighted by Crippen LogP contribution is 2.10. The first kappa shape index (κ1) is 11.4. The summed E-state index contributed by atoms with van der Waals surface area (Å²) in [6, 6.07) is 0. The lowest BCUT2D eigenvalue weighted by Crippen LogP contribution is -2.30. The molecule has 0 aromatic rings. The maximum atomic E-state index is 11.3. The first-order valence-electron chi connectivity index (χ1n) is 4.50. The van der Waals surface area contributed by atoms with Crippen LogP contribution >= 0.6 is 0 Å². The zero-order chi connectivity index (χ0) is 9.56. The SMILES string of the molecule is CCCOC(=O)C(CN)C(C)C. The van der Waals surface area contributed by atoms with Crippen molar-refractivity contribution in [2.45, 2.75) is 27.2 Å². The van der Waals surface area contributed by atoms with Gasteiger partial charge in [-0.1, -0.05) is 20.8 Å². The summed E-state index contributed by atoms with van der Waals surface area (Å²) >= 11 is 0. The molecule has 0 saturated heterocycles. The zero-order valence-electron chi connectivity index (χ0n) is 8.17. The first-order chi connectivity index (χ1) is 5.63. The molecule has 0 aliphatic rings. The van der Waals surface area contributed by atoms with Crippen molar-refractivity contribution in [3.05, 3.63) is 0 Å². The van der Waals surface area contributed by atoms with Crippen molar-refractivity contribution in [1.29, 1.82) is 0 Å². The van der Waals surface area contributed by atoms with Gasteiger partial charge in [0.2, 0.25) is 0 Å². The minimum Gasteiger partial charge on any atom is -0.465 e. The lowest BCUT2D eigenvalue weighted by atomic mass is 9.96. The van der Waals surface area contributed by atoms with E-state index in [0.717, 1.165) is 6.42 Å². The number of nitrogens with two attached hydrogens (primary N) is 1. The fraction of sp³-hybridized carbons (Fsp3) is 0.889. The van der Waals surface area contributed by atoms with Crippen LogP contribution in [0.5, 0.6) is 0 Å². The van der Waals surface area contributed by atoms with E-state index >= 15 is 0 Å². The number of esters is 1. The Balaban J connectivity index is 3.86. The van der Waals surface area contributed by atoms with Crippen molar-refractivity contribution < 1.29 is 9.53 Å². The second kappa shape index (κ2) is 6.00. The Labute approximate surface area is 74.3 Å². The second-order valence-electron chi connectivity index (χ2n) is 3.25. The third kappa shape index (κ3) is 3.72. The summed E-state index contributed by atoms with van der Waals surface area (Å²) in [5, 5.41) is 0. The molecule has 0 aromatic carbocycles. The lowest BCUT2D eigenvalue weighted by Gasteiger charge is -2.16. The van der Waals surface area contributed by atoms with E-state index < -0.39 is 0 Å². The molecule has 3 heteroatoms. The van der Waals surface area contributed by atoms with Crippen molar-refractivity contribution in [2.75, 3.05) is 13.2 Å². The molecule has 0 heterocycles. The summed E-state index contributed by atoms with van der Waals surface area (Å²) in [4.78, 5) is 11.3. The van der Waals surface area contributed by atoms with Gasteiger partial charge in [0.25, 0.3) is 0 Å². The summed E-state index contributed by atoms with van der Waals surface area (Å²) < 4.78 is 4.99. The van der Waals surface area contributed by atoms with E-state index in [1.165, 1.54) is 0 Å². The monoisotopic (exact) mass is 173 g/mol. The van der Waals surface area contributed by atoms with Crippen LogP contribution in [0, 0.1) is 11.8 Å². The normalized spacial score (nSPS) is 13.1. The summed E-state index contributed by atoms with van der Waals surface area (Å²) in [5.41, 5.74) is 5.45. The van der Waals surface area contributed by atoms with Gasteiger partial charge in [0.1, 0.15) is 0 Å². The van der Waals surface area contributed by atoms with Gasteiger partial charge in [0, 0.05) is 6.54 Å². The summed E-state index contributed by atoms with van der Waals surface area (Å²) in [7, 11) is 0.